The van der Waals surface area contributed by atoms with E-state index in [0.29, 0.717) is 22.6 Å². The van der Waals surface area contributed by atoms with Gasteiger partial charge in [-0.15, -0.1) is 0 Å². The van der Waals surface area contributed by atoms with Crippen molar-refractivity contribution in [1.29, 1.82) is 5.26 Å². The number of carbonyl (C=O) groups is 1. The number of nitriles is 1. The van der Waals surface area contributed by atoms with Gasteiger partial charge in [-0.25, -0.2) is 4.98 Å². The van der Waals surface area contributed by atoms with Crippen LogP contribution in [0.5, 0.6) is 0 Å². The third kappa shape index (κ3) is 4.13. The zero-order valence-corrected chi connectivity index (χ0v) is 15.3. The van der Waals surface area contributed by atoms with Crippen molar-refractivity contribution in [3.8, 4) is 6.07 Å². The molecule has 0 saturated heterocycles. The van der Waals surface area contributed by atoms with Gasteiger partial charge in [0, 0.05) is 11.9 Å². The monoisotopic (exact) mass is 356 g/mol. The van der Waals surface area contributed by atoms with E-state index < -0.39 is 0 Å². The lowest BCUT2D eigenvalue weighted by atomic mass is 10.1. The maximum atomic E-state index is 12.6. The van der Waals surface area contributed by atoms with Gasteiger partial charge in [-0.1, -0.05) is 37.3 Å². The third-order valence-electron chi connectivity index (χ3n) is 4.31. The molecule has 2 N–H and O–H groups in total. The van der Waals surface area contributed by atoms with E-state index in [9.17, 15) is 4.79 Å². The number of para-hydroxylation sites is 2. The van der Waals surface area contributed by atoms with Crippen molar-refractivity contribution >= 4 is 23.1 Å². The smallest absolute Gasteiger partial charge is 0.257 e. The number of hydrogen-bond donors (Lipinski definition) is 2. The maximum absolute atomic E-state index is 12.6. The molecule has 0 atom stereocenters. The summed E-state index contributed by atoms with van der Waals surface area (Å²) in [4.78, 5) is 16.9. The molecule has 0 bridgehead atoms. The van der Waals surface area contributed by atoms with Crippen molar-refractivity contribution in [2.24, 2.45) is 0 Å². The predicted octanol–water partition coefficient (Wildman–Crippen LogP) is 4.82. The van der Waals surface area contributed by atoms with E-state index >= 15 is 0 Å². The van der Waals surface area contributed by atoms with Crippen molar-refractivity contribution in [2.75, 3.05) is 10.6 Å². The largest absolute Gasteiger partial charge is 0.339 e. The second-order valence-electron chi connectivity index (χ2n) is 6.13. The van der Waals surface area contributed by atoms with Gasteiger partial charge in [0.2, 0.25) is 0 Å². The summed E-state index contributed by atoms with van der Waals surface area (Å²) in [5, 5.41) is 15.2. The van der Waals surface area contributed by atoms with E-state index in [2.05, 4.69) is 28.6 Å². The summed E-state index contributed by atoms with van der Waals surface area (Å²) in [6.45, 7) is 4.04. The Morgan fingerprint density at radius 1 is 1.11 bits per heavy atom. The summed E-state index contributed by atoms with van der Waals surface area (Å²) in [5.41, 5.74) is 4.67. The van der Waals surface area contributed by atoms with Gasteiger partial charge in [0.05, 0.1) is 16.8 Å². The zero-order chi connectivity index (χ0) is 19.2. The molecule has 27 heavy (non-hydrogen) atoms. The molecule has 5 nitrogen and oxygen atoms in total. The molecular weight excluding hydrogens is 336 g/mol. The zero-order valence-electron chi connectivity index (χ0n) is 15.3. The number of rotatable bonds is 5. The van der Waals surface area contributed by atoms with Crippen molar-refractivity contribution in [3.05, 3.63) is 83.0 Å². The van der Waals surface area contributed by atoms with E-state index in [1.54, 1.807) is 24.3 Å². The van der Waals surface area contributed by atoms with Gasteiger partial charge < -0.3 is 10.6 Å². The minimum atomic E-state index is -0.199. The third-order valence-corrected chi connectivity index (χ3v) is 4.31. The number of nitrogens with zero attached hydrogens (tertiary/aromatic N) is 2. The molecule has 3 rings (SSSR count). The van der Waals surface area contributed by atoms with Gasteiger partial charge in [-0.05, 0) is 48.7 Å². The number of pyridine rings is 1. The normalized spacial score (nSPS) is 10.1. The van der Waals surface area contributed by atoms with Crippen LogP contribution in [0.15, 0.2) is 60.8 Å². The summed E-state index contributed by atoms with van der Waals surface area (Å²) in [7, 11) is 0. The summed E-state index contributed by atoms with van der Waals surface area (Å²) in [5.74, 6) is 0.370. The van der Waals surface area contributed by atoms with E-state index in [-0.39, 0.29) is 5.91 Å². The Hall–Kier alpha value is -3.65. The minimum absolute atomic E-state index is 0.199. The summed E-state index contributed by atoms with van der Waals surface area (Å²) < 4.78 is 0. The minimum Gasteiger partial charge on any atom is -0.339 e. The molecule has 2 aromatic carbocycles. The Balaban J connectivity index is 1.76. The Morgan fingerprint density at radius 2 is 1.93 bits per heavy atom. The number of nitrogens with one attached hydrogen (secondary N) is 2. The van der Waals surface area contributed by atoms with Gasteiger partial charge in [-0.2, -0.15) is 5.26 Å². The summed E-state index contributed by atoms with van der Waals surface area (Å²) in [6.07, 6.45) is 2.37. The molecule has 0 fully saturated rings. The number of benzene rings is 2. The predicted molar refractivity (Wildman–Crippen MR) is 107 cm³/mol. The highest BCUT2D eigenvalue weighted by molar-refractivity contribution is 6.05. The molecule has 0 spiro atoms. The number of anilines is 3. The van der Waals surface area contributed by atoms with Crippen LogP contribution in [0.2, 0.25) is 0 Å². The van der Waals surface area contributed by atoms with E-state index in [0.717, 1.165) is 23.2 Å². The van der Waals surface area contributed by atoms with E-state index in [1.807, 2.05) is 37.3 Å². The van der Waals surface area contributed by atoms with Crippen LogP contribution >= 0.6 is 0 Å². The van der Waals surface area contributed by atoms with Crippen LogP contribution in [-0.4, -0.2) is 10.9 Å². The molecular formula is C22H20N4O. The Kier molecular flexibility index (Phi) is 5.48. The highest BCUT2D eigenvalue weighted by Crippen LogP contribution is 2.22. The average Bonchev–Trinajstić information content (AvgIpc) is 2.70. The van der Waals surface area contributed by atoms with Gasteiger partial charge in [0.15, 0.2) is 0 Å². The first-order valence-electron chi connectivity index (χ1n) is 8.74. The van der Waals surface area contributed by atoms with Crippen LogP contribution in [0.4, 0.5) is 17.2 Å². The van der Waals surface area contributed by atoms with Crippen molar-refractivity contribution in [1.82, 2.24) is 4.98 Å². The molecule has 5 heteroatoms. The fourth-order valence-corrected chi connectivity index (χ4v) is 2.82. The number of amides is 1. The van der Waals surface area contributed by atoms with E-state index in [4.69, 9.17) is 5.26 Å². The second-order valence-corrected chi connectivity index (χ2v) is 6.13. The molecule has 3 aromatic rings. The maximum Gasteiger partial charge on any atom is 0.257 e. The molecule has 0 aliphatic heterocycles. The standard InChI is InChI=1S/C22H20N4O/c1-3-16-9-6-7-15(2)21(16)26-22(27)18-11-12-20(24-14-18)25-19-10-5-4-8-17(19)13-23/h4-12,14H,3H2,1-2H3,(H,24,25)(H,26,27). The first-order chi connectivity index (χ1) is 13.1. The van der Waals surface area contributed by atoms with Crippen LogP contribution in [0.1, 0.15) is 34.0 Å². The van der Waals surface area contributed by atoms with Crippen LogP contribution in [0, 0.1) is 18.3 Å². The fourth-order valence-electron chi connectivity index (χ4n) is 2.82. The molecule has 1 aromatic heterocycles. The number of aromatic nitrogens is 1. The molecule has 0 saturated carbocycles. The first-order valence-corrected chi connectivity index (χ1v) is 8.74. The van der Waals surface area contributed by atoms with Crippen molar-refractivity contribution in [2.45, 2.75) is 20.3 Å². The second kappa shape index (κ2) is 8.15. The average molecular weight is 356 g/mol. The van der Waals surface area contributed by atoms with Crippen LogP contribution in [0.3, 0.4) is 0 Å². The molecule has 1 heterocycles. The molecule has 0 aliphatic carbocycles. The van der Waals surface area contributed by atoms with Crippen LogP contribution in [0.25, 0.3) is 0 Å². The lowest BCUT2D eigenvalue weighted by Gasteiger charge is -2.13. The molecule has 0 radical (unpaired) electrons. The Labute approximate surface area is 158 Å². The number of hydrogen-bond acceptors (Lipinski definition) is 4. The summed E-state index contributed by atoms with van der Waals surface area (Å²) in [6, 6.07) is 18.8. The van der Waals surface area contributed by atoms with Crippen molar-refractivity contribution < 1.29 is 4.79 Å². The Morgan fingerprint density at radius 3 is 2.63 bits per heavy atom. The quantitative estimate of drug-likeness (QED) is 0.687. The molecule has 1 amide bonds. The molecule has 0 aliphatic rings. The molecule has 134 valence electrons. The van der Waals surface area contributed by atoms with Gasteiger partial charge in [0.1, 0.15) is 11.9 Å². The van der Waals surface area contributed by atoms with Crippen LogP contribution in [-0.2, 0) is 6.42 Å². The SMILES string of the molecule is CCc1cccc(C)c1NC(=O)c1ccc(Nc2ccccc2C#N)nc1. The number of carbonyl (C=O) groups excluding carboxylic acids is 1. The Bertz CT molecular complexity index is 1000. The highest BCUT2D eigenvalue weighted by atomic mass is 16.1. The summed E-state index contributed by atoms with van der Waals surface area (Å²) >= 11 is 0. The molecule has 0 unspecified atom stereocenters. The fraction of sp³-hybridized carbons (Fsp3) is 0.136. The lowest BCUT2D eigenvalue weighted by molar-refractivity contribution is 0.102. The van der Waals surface area contributed by atoms with Crippen LogP contribution < -0.4 is 10.6 Å². The van der Waals surface area contributed by atoms with Gasteiger partial charge in [0.25, 0.3) is 5.91 Å². The van der Waals surface area contributed by atoms with Crippen molar-refractivity contribution in [3.63, 3.8) is 0 Å². The first kappa shape index (κ1) is 18.2. The highest BCUT2D eigenvalue weighted by Gasteiger charge is 2.11. The lowest BCUT2D eigenvalue weighted by Crippen LogP contribution is -2.14. The topological polar surface area (TPSA) is 77.8 Å². The van der Waals surface area contributed by atoms with Gasteiger partial charge >= 0.3 is 0 Å². The van der Waals surface area contributed by atoms with E-state index in [1.165, 1.54) is 6.20 Å². The van der Waals surface area contributed by atoms with Gasteiger partial charge in [-0.3, -0.25) is 4.79 Å². The number of aryl methyl sites for hydroxylation is 2.